The summed E-state index contributed by atoms with van der Waals surface area (Å²) in [5, 5.41) is 10.3. The topological polar surface area (TPSA) is 94.0 Å². The number of thiophene rings is 1. The zero-order valence-electron chi connectivity index (χ0n) is 10.2. The molecule has 6 nitrogen and oxygen atoms in total. The van der Waals surface area contributed by atoms with Crippen LogP contribution in [-0.4, -0.2) is 16.2 Å². The van der Waals surface area contributed by atoms with Gasteiger partial charge in [-0.1, -0.05) is 5.16 Å². The second kappa shape index (κ2) is 5.14. The van der Waals surface area contributed by atoms with Crippen molar-refractivity contribution in [2.24, 2.45) is 5.73 Å². The van der Waals surface area contributed by atoms with Crippen LogP contribution in [-0.2, 0) is 0 Å². The van der Waals surface area contributed by atoms with Crippen molar-refractivity contribution < 1.29 is 9.32 Å². The third-order valence-corrected chi connectivity index (χ3v) is 3.29. The largest absolute Gasteiger partial charge is 0.351 e. The second-order valence-electron chi connectivity index (χ2n) is 4.00. The molecule has 0 aliphatic heterocycles. The lowest BCUT2D eigenvalue weighted by atomic mass is 10.2. The zero-order valence-corrected chi connectivity index (χ0v) is 11.1. The van der Waals surface area contributed by atoms with Gasteiger partial charge in [-0.25, -0.2) is 4.79 Å². The molecule has 3 N–H and O–H groups in total. The number of nitrogens with two attached hydrogens (primary N) is 1. The Morgan fingerprint density at radius 2 is 2.00 bits per heavy atom. The number of anilines is 1. The van der Waals surface area contributed by atoms with Crippen LogP contribution in [0.5, 0.6) is 0 Å². The second-order valence-corrected chi connectivity index (χ2v) is 4.78. The standard InChI is InChI=1S/C13H10N4O2S/c14-13(18)15-10-3-1-8(2-4-10)11-16-12(19-17-11)9-5-6-20-7-9/h1-7H,(H3,14,15,18). The van der Waals surface area contributed by atoms with Gasteiger partial charge in [0.2, 0.25) is 5.82 Å². The monoisotopic (exact) mass is 286 g/mol. The van der Waals surface area contributed by atoms with Gasteiger partial charge in [-0.3, -0.25) is 0 Å². The van der Waals surface area contributed by atoms with Gasteiger partial charge < -0.3 is 15.6 Å². The van der Waals surface area contributed by atoms with Gasteiger partial charge in [0, 0.05) is 16.6 Å². The average molecular weight is 286 g/mol. The summed E-state index contributed by atoms with van der Waals surface area (Å²) < 4.78 is 5.21. The lowest BCUT2D eigenvalue weighted by Crippen LogP contribution is -2.19. The Kier molecular flexibility index (Phi) is 3.18. The summed E-state index contributed by atoms with van der Waals surface area (Å²) in [6.45, 7) is 0. The molecule has 20 heavy (non-hydrogen) atoms. The summed E-state index contributed by atoms with van der Waals surface area (Å²) in [5.41, 5.74) is 7.36. The summed E-state index contributed by atoms with van der Waals surface area (Å²) in [6, 6.07) is 8.33. The summed E-state index contributed by atoms with van der Waals surface area (Å²) >= 11 is 1.57. The molecule has 3 rings (SSSR count). The Morgan fingerprint density at radius 3 is 2.65 bits per heavy atom. The molecule has 2 aromatic heterocycles. The molecular weight excluding hydrogens is 276 g/mol. The number of carbonyl (C=O) groups is 1. The highest BCUT2D eigenvalue weighted by atomic mass is 32.1. The van der Waals surface area contributed by atoms with Crippen LogP contribution in [0.25, 0.3) is 22.8 Å². The van der Waals surface area contributed by atoms with Crippen molar-refractivity contribution in [1.29, 1.82) is 0 Å². The first kappa shape index (κ1) is 12.4. The van der Waals surface area contributed by atoms with Crippen LogP contribution in [0.3, 0.4) is 0 Å². The molecule has 0 unspecified atom stereocenters. The highest BCUT2D eigenvalue weighted by Crippen LogP contribution is 2.24. The maximum atomic E-state index is 10.7. The molecule has 2 heterocycles. The number of benzene rings is 1. The highest BCUT2D eigenvalue weighted by Gasteiger charge is 2.10. The first-order valence-corrected chi connectivity index (χ1v) is 6.70. The van der Waals surface area contributed by atoms with E-state index in [0.717, 1.165) is 11.1 Å². The fourth-order valence-electron chi connectivity index (χ4n) is 1.69. The van der Waals surface area contributed by atoms with Gasteiger partial charge in [-0.05, 0) is 35.7 Å². The van der Waals surface area contributed by atoms with E-state index in [1.54, 1.807) is 35.6 Å². The molecule has 0 spiro atoms. The van der Waals surface area contributed by atoms with E-state index >= 15 is 0 Å². The van der Waals surface area contributed by atoms with Crippen LogP contribution < -0.4 is 11.1 Å². The molecule has 0 atom stereocenters. The Labute approximate surface area is 118 Å². The van der Waals surface area contributed by atoms with Gasteiger partial charge in [-0.15, -0.1) is 0 Å². The van der Waals surface area contributed by atoms with Crippen molar-refractivity contribution in [2.75, 3.05) is 5.32 Å². The summed E-state index contributed by atoms with van der Waals surface area (Å²) in [7, 11) is 0. The number of urea groups is 1. The van der Waals surface area contributed by atoms with Gasteiger partial charge >= 0.3 is 6.03 Å². The number of hydrogen-bond acceptors (Lipinski definition) is 5. The van der Waals surface area contributed by atoms with Gasteiger partial charge in [0.15, 0.2) is 0 Å². The van der Waals surface area contributed by atoms with Crippen molar-refractivity contribution in [1.82, 2.24) is 10.1 Å². The van der Waals surface area contributed by atoms with E-state index in [9.17, 15) is 4.79 Å². The lowest BCUT2D eigenvalue weighted by molar-refractivity contribution is 0.259. The molecule has 2 amide bonds. The maximum absolute atomic E-state index is 10.7. The van der Waals surface area contributed by atoms with E-state index in [2.05, 4.69) is 15.5 Å². The molecule has 0 bridgehead atoms. The number of aromatic nitrogens is 2. The van der Waals surface area contributed by atoms with Crippen molar-refractivity contribution in [3.05, 3.63) is 41.1 Å². The first-order chi connectivity index (χ1) is 9.72. The van der Waals surface area contributed by atoms with Crippen LogP contribution in [0.4, 0.5) is 10.5 Å². The SMILES string of the molecule is NC(=O)Nc1ccc(-c2noc(-c3ccsc3)n2)cc1. The van der Waals surface area contributed by atoms with Crippen molar-refractivity contribution >= 4 is 23.1 Å². The number of amides is 2. The minimum atomic E-state index is -0.600. The van der Waals surface area contributed by atoms with Crippen LogP contribution in [0.15, 0.2) is 45.6 Å². The quantitative estimate of drug-likeness (QED) is 0.774. The Morgan fingerprint density at radius 1 is 1.20 bits per heavy atom. The van der Waals surface area contributed by atoms with E-state index in [0.29, 0.717) is 17.4 Å². The average Bonchev–Trinajstić information content (AvgIpc) is 3.10. The molecule has 0 saturated heterocycles. The molecule has 0 aliphatic carbocycles. The van der Waals surface area contributed by atoms with E-state index < -0.39 is 6.03 Å². The predicted octanol–water partition coefficient (Wildman–Crippen LogP) is 2.96. The van der Waals surface area contributed by atoms with Crippen molar-refractivity contribution in [3.8, 4) is 22.8 Å². The number of hydrogen-bond donors (Lipinski definition) is 2. The molecule has 0 aliphatic rings. The van der Waals surface area contributed by atoms with E-state index in [4.69, 9.17) is 10.3 Å². The van der Waals surface area contributed by atoms with Gasteiger partial charge in [-0.2, -0.15) is 16.3 Å². The minimum absolute atomic E-state index is 0.487. The number of carbonyl (C=O) groups excluding carboxylic acids is 1. The molecule has 0 fully saturated rings. The minimum Gasteiger partial charge on any atom is -0.351 e. The summed E-state index contributed by atoms with van der Waals surface area (Å²) in [5.74, 6) is 0.984. The lowest BCUT2D eigenvalue weighted by Gasteiger charge is -2.01. The molecule has 0 saturated carbocycles. The Bertz CT molecular complexity index is 719. The summed E-state index contributed by atoms with van der Waals surface area (Å²) in [4.78, 5) is 15.1. The maximum Gasteiger partial charge on any atom is 0.316 e. The van der Waals surface area contributed by atoms with Crippen molar-refractivity contribution in [3.63, 3.8) is 0 Å². The van der Waals surface area contributed by atoms with Gasteiger partial charge in [0.1, 0.15) is 0 Å². The third-order valence-electron chi connectivity index (χ3n) is 2.60. The van der Waals surface area contributed by atoms with E-state index in [1.165, 1.54) is 0 Å². The fraction of sp³-hybridized carbons (Fsp3) is 0. The van der Waals surface area contributed by atoms with E-state index in [1.807, 2.05) is 16.8 Å². The molecule has 0 radical (unpaired) electrons. The number of nitrogens with one attached hydrogen (secondary N) is 1. The number of nitrogens with zero attached hydrogens (tertiary/aromatic N) is 2. The summed E-state index contributed by atoms with van der Waals surface area (Å²) in [6.07, 6.45) is 0. The van der Waals surface area contributed by atoms with Gasteiger partial charge in [0.25, 0.3) is 5.89 Å². The number of rotatable bonds is 3. The molecular formula is C13H10N4O2S. The smallest absolute Gasteiger partial charge is 0.316 e. The molecule has 7 heteroatoms. The fourth-order valence-corrected chi connectivity index (χ4v) is 2.32. The Balaban J connectivity index is 1.84. The highest BCUT2D eigenvalue weighted by molar-refractivity contribution is 7.08. The van der Waals surface area contributed by atoms with E-state index in [-0.39, 0.29) is 0 Å². The number of primary amides is 1. The molecule has 1 aromatic carbocycles. The van der Waals surface area contributed by atoms with Crippen LogP contribution >= 0.6 is 11.3 Å². The third kappa shape index (κ3) is 2.52. The van der Waals surface area contributed by atoms with Gasteiger partial charge in [0.05, 0.1) is 5.56 Å². The molecule has 3 aromatic rings. The predicted molar refractivity (Wildman–Crippen MR) is 76.3 cm³/mol. The normalized spacial score (nSPS) is 10.4. The van der Waals surface area contributed by atoms with Crippen LogP contribution in [0.1, 0.15) is 0 Å². The van der Waals surface area contributed by atoms with Crippen molar-refractivity contribution in [2.45, 2.75) is 0 Å². The molecule has 100 valence electrons. The Hall–Kier alpha value is -2.67. The van der Waals surface area contributed by atoms with Crippen LogP contribution in [0.2, 0.25) is 0 Å². The van der Waals surface area contributed by atoms with Crippen LogP contribution in [0, 0.1) is 0 Å². The zero-order chi connectivity index (χ0) is 13.9. The first-order valence-electron chi connectivity index (χ1n) is 5.75.